The average Bonchev–Trinajstić information content (AvgIpc) is 3.92. The maximum Gasteiger partial charge on any atom is 0.0548 e. The van der Waals surface area contributed by atoms with Crippen LogP contribution < -0.4 is 0 Å². The largest absolute Gasteiger partial charge is 0.309 e. The van der Waals surface area contributed by atoms with Gasteiger partial charge < -0.3 is 9.13 Å². The standard InChI is InChI=1S/C55H36N2/c1-4-15-36(16-5-1)38-19-14-22-42(33-38)57-50-30-28-40(39-27-29-45-47(34-39)43-23-10-11-24-44(43)53(45)37-17-6-2-7-18-37)35-48(50)55-52(57)32-31-51-54(55)46-25-12-13-26-49(46)56(51)41-20-8-3-9-21-41/h1-35,53H. The zero-order valence-electron chi connectivity index (χ0n) is 31.2. The molecule has 9 aromatic carbocycles. The lowest BCUT2D eigenvalue weighted by Gasteiger charge is -2.14. The highest BCUT2D eigenvalue weighted by molar-refractivity contribution is 6.29. The third-order valence-electron chi connectivity index (χ3n) is 12.2. The molecule has 1 aliphatic carbocycles. The van der Waals surface area contributed by atoms with Crippen molar-refractivity contribution >= 4 is 43.6 Å². The third-order valence-corrected chi connectivity index (χ3v) is 12.2. The van der Waals surface area contributed by atoms with Crippen LogP contribution in [0.3, 0.4) is 0 Å². The number of aromatic nitrogens is 2. The van der Waals surface area contributed by atoms with Gasteiger partial charge in [-0.2, -0.15) is 0 Å². The van der Waals surface area contributed by atoms with E-state index >= 15 is 0 Å². The van der Waals surface area contributed by atoms with Crippen LogP contribution in [0.2, 0.25) is 0 Å². The molecule has 0 aliphatic heterocycles. The van der Waals surface area contributed by atoms with Gasteiger partial charge in [0.15, 0.2) is 0 Å². The predicted octanol–water partition coefficient (Wildman–Crippen LogP) is 14.4. The summed E-state index contributed by atoms with van der Waals surface area (Å²) in [5.74, 6) is 0.230. The fourth-order valence-electron chi connectivity index (χ4n) is 9.72. The van der Waals surface area contributed by atoms with Crippen LogP contribution in [-0.2, 0) is 0 Å². The molecule has 2 heteroatoms. The van der Waals surface area contributed by atoms with Crippen LogP contribution in [0.4, 0.5) is 0 Å². The Balaban J connectivity index is 1.13. The zero-order valence-corrected chi connectivity index (χ0v) is 31.2. The number of para-hydroxylation sites is 2. The molecule has 0 spiro atoms. The molecule has 12 rings (SSSR count). The molecule has 0 saturated heterocycles. The van der Waals surface area contributed by atoms with Crippen molar-refractivity contribution in [3.63, 3.8) is 0 Å². The minimum absolute atomic E-state index is 0.230. The molecule has 266 valence electrons. The Morgan fingerprint density at radius 2 is 0.842 bits per heavy atom. The molecule has 0 N–H and O–H groups in total. The van der Waals surface area contributed by atoms with Gasteiger partial charge in [-0.15, -0.1) is 0 Å². The van der Waals surface area contributed by atoms with Crippen molar-refractivity contribution < 1.29 is 0 Å². The molecular formula is C55H36N2. The van der Waals surface area contributed by atoms with Gasteiger partial charge in [0.05, 0.1) is 22.1 Å². The second-order valence-electron chi connectivity index (χ2n) is 15.3. The van der Waals surface area contributed by atoms with Crippen LogP contribution in [-0.4, -0.2) is 9.13 Å². The molecule has 11 aromatic rings. The zero-order chi connectivity index (χ0) is 37.5. The van der Waals surface area contributed by atoms with Gasteiger partial charge in [0.2, 0.25) is 0 Å². The summed E-state index contributed by atoms with van der Waals surface area (Å²) in [4.78, 5) is 0. The molecule has 1 aliphatic rings. The van der Waals surface area contributed by atoms with Crippen molar-refractivity contribution in [3.05, 3.63) is 229 Å². The highest BCUT2D eigenvalue weighted by Gasteiger charge is 2.30. The van der Waals surface area contributed by atoms with Crippen LogP contribution >= 0.6 is 0 Å². The summed E-state index contributed by atoms with van der Waals surface area (Å²) < 4.78 is 4.90. The molecular weight excluding hydrogens is 689 g/mol. The van der Waals surface area contributed by atoms with Crippen LogP contribution in [0.5, 0.6) is 0 Å². The minimum atomic E-state index is 0.230. The van der Waals surface area contributed by atoms with Crippen LogP contribution in [0.1, 0.15) is 22.6 Å². The van der Waals surface area contributed by atoms with Gasteiger partial charge in [0.25, 0.3) is 0 Å². The number of nitrogens with zero attached hydrogens (tertiary/aromatic N) is 2. The fraction of sp³-hybridized carbons (Fsp3) is 0.0182. The molecule has 2 nitrogen and oxygen atoms in total. The second kappa shape index (κ2) is 12.6. The number of hydrogen-bond donors (Lipinski definition) is 0. The maximum absolute atomic E-state index is 2.47. The Morgan fingerprint density at radius 1 is 0.298 bits per heavy atom. The van der Waals surface area contributed by atoms with E-state index in [0.717, 1.165) is 11.4 Å². The summed E-state index contributed by atoms with van der Waals surface area (Å²) in [5.41, 5.74) is 18.7. The van der Waals surface area contributed by atoms with Gasteiger partial charge >= 0.3 is 0 Å². The average molecular weight is 725 g/mol. The number of rotatable bonds is 5. The lowest BCUT2D eigenvalue weighted by Crippen LogP contribution is -1.98. The predicted molar refractivity (Wildman–Crippen MR) is 239 cm³/mol. The quantitative estimate of drug-likeness (QED) is 0.167. The van der Waals surface area contributed by atoms with Gasteiger partial charge in [-0.05, 0) is 111 Å². The lowest BCUT2D eigenvalue weighted by atomic mass is 9.89. The van der Waals surface area contributed by atoms with Crippen molar-refractivity contribution in [1.82, 2.24) is 9.13 Å². The molecule has 2 heterocycles. The number of fused-ring (bicyclic) bond motifs is 10. The topological polar surface area (TPSA) is 9.86 Å². The van der Waals surface area contributed by atoms with E-state index in [-0.39, 0.29) is 5.92 Å². The van der Waals surface area contributed by atoms with Gasteiger partial charge in [-0.1, -0.05) is 152 Å². The normalized spacial score (nSPS) is 13.4. The number of hydrogen-bond acceptors (Lipinski definition) is 0. The Hall–Kier alpha value is -7.42. The third kappa shape index (κ3) is 4.84. The molecule has 57 heavy (non-hydrogen) atoms. The molecule has 1 unspecified atom stereocenters. The Labute approximate surface area is 331 Å². The SMILES string of the molecule is c1ccc(-c2cccc(-n3c4ccc(-c5ccc6c(c5)-c5ccccc5C6c5ccccc5)cc4c4c5c6ccccc6n(-c6ccccc6)c5ccc43)c2)cc1. The summed E-state index contributed by atoms with van der Waals surface area (Å²) in [6.45, 7) is 0. The molecule has 0 amide bonds. The van der Waals surface area contributed by atoms with Crippen LogP contribution in [0.15, 0.2) is 212 Å². The lowest BCUT2D eigenvalue weighted by molar-refractivity contribution is 1.02. The Kier molecular flexibility index (Phi) is 7.02. The van der Waals surface area contributed by atoms with Crippen molar-refractivity contribution in [2.24, 2.45) is 0 Å². The van der Waals surface area contributed by atoms with E-state index in [1.807, 2.05) is 0 Å². The second-order valence-corrected chi connectivity index (χ2v) is 15.3. The van der Waals surface area contributed by atoms with Gasteiger partial charge in [-0.3, -0.25) is 0 Å². The monoisotopic (exact) mass is 724 g/mol. The van der Waals surface area contributed by atoms with E-state index in [0.29, 0.717) is 0 Å². The summed E-state index contributed by atoms with van der Waals surface area (Å²) in [6, 6.07) is 78.1. The molecule has 0 saturated carbocycles. The first-order valence-electron chi connectivity index (χ1n) is 19.8. The van der Waals surface area contributed by atoms with E-state index < -0.39 is 0 Å². The summed E-state index contributed by atoms with van der Waals surface area (Å²) in [7, 11) is 0. The molecule has 0 fully saturated rings. The van der Waals surface area contributed by atoms with Gasteiger partial charge in [0.1, 0.15) is 0 Å². The van der Waals surface area contributed by atoms with Crippen molar-refractivity contribution in [2.45, 2.75) is 5.92 Å². The summed E-state index contributed by atoms with van der Waals surface area (Å²) in [6.07, 6.45) is 0. The molecule has 1 atom stereocenters. The highest BCUT2D eigenvalue weighted by Crippen LogP contribution is 2.50. The fourth-order valence-corrected chi connectivity index (χ4v) is 9.72. The van der Waals surface area contributed by atoms with E-state index in [9.17, 15) is 0 Å². The molecule has 0 bridgehead atoms. The van der Waals surface area contributed by atoms with Crippen LogP contribution in [0.25, 0.3) is 88.4 Å². The van der Waals surface area contributed by atoms with Crippen molar-refractivity contribution in [1.29, 1.82) is 0 Å². The van der Waals surface area contributed by atoms with E-state index in [1.165, 1.54) is 93.7 Å². The van der Waals surface area contributed by atoms with Gasteiger partial charge in [-0.25, -0.2) is 0 Å². The highest BCUT2D eigenvalue weighted by atomic mass is 15.0. The Morgan fingerprint density at radius 3 is 1.67 bits per heavy atom. The minimum Gasteiger partial charge on any atom is -0.309 e. The van der Waals surface area contributed by atoms with Crippen molar-refractivity contribution in [2.75, 3.05) is 0 Å². The summed E-state index contributed by atoms with van der Waals surface area (Å²) in [5, 5.41) is 5.06. The van der Waals surface area contributed by atoms with E-state index in [2.05, 4.69) is 221 Å². The first-order chi connectivity index (χ1) is 28.3. The van der Waals surface area contributed by atoms with Gasteiger partial charge in [0, 0.05) is 38.8 Å². The maximum atomic E-state index is 2.47. The number of benzene rings is 9. The Bertz CT molecular complexity index is 3330. The first kappa shape index (κ1) is 31.9. The smallest absolute Gasteiger partial charge is 0.0548 e. The van der Waals surface area contributed by atoms with Crippen LogP contribution in [0, 0.1) is 0 Å². The first-order valence-corrected chi connectivity index (χ1v) is 19.8. The molecule has 2 aromatic heterocycles. The van der Waals surface area contributed by atoms with Crippen molar-refractivity contribution in [3.8, 4) is 44.8 Å². The summed E-state index contributed by atoms with van der Waals surface area (Å²) >= 11 is 0. The van der Waals surface area contributed by atoms with E-state index in [4.69, 9.17) is 0 Å². The molecule has 0 radical (unpaired) electrons. The van der Waals surface area contributed by atoms with E-state index in [1.54, 1.807) is 0 Å².